The maximum absolute atomic E-state index is 12.4. The molecule has 3 heteroatoms. The zero-order valence-corrected chi connectivity index (χ0v) is 18.4. The van der Waals surface area contributed by atoms with Gasteiger partial charge in [-0.15, -0.1) is 0 Å². The first-order valence-electron chi connectivity index (χ1n) is 10.5. The van der Waals surface area contributed by atoms with Crippen molar-refractivity contribution >= 4 is 27.7 Å². The fourth-order valence-corrected chi connectivity index (χ4v) is 4.02. The molecular weight excluding hydrogens is 396 g/mol. The van der Waals surface area contributed by atoms with Crippen molar-refractivity contribution in [1.82, 2.24) is 0 Å². The number of ketones is 1. The number of carbonyl (C=O) groups excluding carboxylic acids is 1. The van der Waals surface area contributed by atoms with Crippen molar-refractivity contribution in [3.8, 4) is 0 Å². The molecule has 3 nitrogen and oxygen atoms in total. The van der Waals surface area contributed by atoms with Gasteiger partial charge in [-0.3, -0.25) is 9.59 Å². The molecule has 0 spiro atoms. The van der Waals surface area contributed by atoms with E-state index in [1.54, 1.807) is 12.1 Å². The Bertz CT molecular complexity index is 1400. The third-order valence-electron chi connectivity index (χ3n) is 5.42. The molecule has 0 unspecified atom stereocenters. The molecule has 0 saturated heterocycles. The van der Waals surface area contributed by atoms with Crippen LogP contribution in [0.2, 0.25) is 0 Å². The minimum Gasteiger partial charge on any atom is -0.456 e. The highest BCUT2D eigenvalue weighted by Crippen LogP contribution is 2.20. The van der Waals surface area contributed by atoms with Gasteiger partial charge in [-0.25, -0.2) is 0 Å². The fraction of sp³-hybridized carbons (Fsp3) is 0.103. The van der Waals surface area contributed by atoms with E-state index < -0.39 is 0 Å². The van der Waals surface area contributed by atoms with Gasteiger partial charge in [-0.1, -0.05) is 72.3 Å². The molecule has 158 valence electrons. The topological polar surface area (TPSA) is 47.3 Å². The second-order valence-electron chi connectivity index (χ2n) is 7.89. The van der Waals surface area contributed by atoms with Gasteiger partial charge in [0, 0.05) is 11.1 Å². The molecule has 5 aromatic rings. The van der Waals surface area contributed by atoms with E-state index in [1.165, 1.54) is 5.56 Å². The van der Waals surface area contributed by atoms with Crippen LogP contribution >= 0.6 is 0 Å². The Labute approximate surface area is 187 Å². The maximum Gasteiger partial charge on any atom is 0.200 e. The lowest BCUT2D eigenvalue weighted by molar-refractivity contribution is 0.103. The predicted octanol–water partition coefficient (Wildman–Crippen LogP) is 6.79. The van der Waals surface area contributed by atoms with Gasteiger partial charge in [0.2, 0.25) is 5.43 Å². The lowest BCUT2D eigenvalue weighted by atomic mass is 9.93. The molecule has 32 heavy (non-hydrogen) atoms. The third kappa shape index (κ3) is 4.23. The maximum atomic E-state index is 12.4. The van der Waals surface area contributed by atoms with Crippen LogP contribution in [0.5, 0.6) is 0 Å². The SMILES string of the molecule is Cc1cc(C)c(C(=O)c2ccccc2)c(C)c1.O=c1c2ccccc2oc2ccccc12. The fourth-order valence-electron chi connectivity index (χ4n) is 4.02. The van der Waals surface area contributed by atoms with Crippen LogP contribution < -0.4 is 5.43 Å². The highest BCUT2D eigenvalue weighted by atomic mass is 16.3. The van der Waals surface area contributed by atoms with E-state index in [-0.39, 0.29) is 11.2 Å². The van der Waals surface area contributed by atoms with Gasteiger partial charge in [0.25, 0.3) is 0 Å². The predicted molar refractivity (Wildman–Crippen MR) is 131 cm³/mol. The minimum absolute atomic E-state index is 0.0347. The minimum atomic E-state index is 0.0347. The first kappa shape index (κ1) is 21.3. The number of benzene rings is 4. The van der Waals surface area contributed by atoms with E-state index in [4.69, 9.17) is 4.42 Å². The van der Waals surface area contributed by atoms with E-state index in [9.17, 15) is 9.59 Å². The van der Waals surface area contributed by atoms with Gasteiger partial charge in [0.1, 0.15) is 11.2 Å². The van der Waals surface area contributed by atoms with Crippen LogP contribution in [0.25, 0.3) is 21.9 Å². The van der Waals surface area contributed by atoms with Crippen molar-refractivity contribution < 1.29 is 9.21 Å². The zero-order chi connectivity index (χ0) is 22.7. The molecule has 0 aliphatic rings. The molecule has 0 N–H and O–H groups in total. The summed E-state index contributed by atoms with van der Waals surface area (Å²) in [6.45, 7) is 6.04. The van der Waals surface area contributed by atoms with Gasteiger partial charge < -0.3 is 4.42 Å². The van der Waals surface area contributed by atoms with E-state index in [1.807, 2.05) is 80.6 Å². The monoisotopic (exact) mass is 420 g/mol. The van der Waals surface area contributed by atoms with Crippen molar-refractivity contribution in [3.63, 3.8) is 0 Å². The van der Waals surface area contributed by atoms with Gasteiger partial charge in [0.05, 0.1) is 10.8 Å². The van der Waals surface area contributed by atoms with Crippen molar-refractivity contribution in [2.45, 2.75) is 20.8 Å². The second-order valence-corrected chi connectivity index (χ2v) is 7.89. The number of aryl methyl sites for hydroxylation is 3. The Morgan fingerprint density at radius 3 is 1.66 bits per heavy atom. The summed E-state index contributed by atoms with van der Waals surface area (Å²) in [5.74, 6) is 0.112. The average molecular weight is 421 g/mol. The molecule has 1 aromatic heterocycles. The normalized spacial score (nSPS) is 10.6. The standard InChI is InChI=1S/C16H16O.C13H8O2/c1-11-9-12(2)15(13(3)10-11)16(17)14-7-5-4-6-8-14;14-13-9-5-1-3-7-11(9)15-12-8-4-2-6-10(12)13/h4-10H,1-3H3;1-8H. The quantitative estimate of drug-likeness (QED) is 0.233. The van der Waals surface area contributed by atoms with E-state index in [0.717, 1.165) is 22.3 Å². The molecule has 1 heterocycles. The Kier molecular flexibility index (Phi) is 6.00. The van der Waals surface area contributed by atoms with Crippen LogP contribution in [0.3, 0.4) is 0 Å². The summed E-state index contributed by atoms with van der Waals surface area (Å²) in [7, 11) is 0. The Balaban J connectivity index is 0.000000154. The molecule has 0 radical (unpaired) electrons. The van der Waals surface area contributed by atoms with Crippen LogP contribution in [0.1, 0.15) is 32.6 Å². The summed E-state index contributed by atoms with van der Waals surface area (Å²) in [6.07, 6.45) is 0. The van der Waals surface area contributed by atoms with Crippen molar-refractivity contribution in [3.05, 3.63) is 129 Å². The summed E-state index contributed by atoms with van der Waals surface area (Å²) in [6, 6.07) is 28.1. The lowest BCUT2D eigenvalue weighted by Gasteiger charge is -2.10. The smallest absolute Gasteiger partial charge is 0.200 e. The molecule has 0 bridgehead atoms. The van der Waals surface area contributed by atoms with Crippen molar-refractivity contribution in [2.75, 3.05) is 0 Å². The molecule has 0 saturated carbocycles. The number of rotatable bonds is 2. The number of carbonyl (C=O) groups is 1. The third-order valence-corrected chi connectivity index (χ3v) is 5.42. The summed E-state index contributed by atoms with van der Waals surface area (Å²) in [4.78, 5) is 24.4. The summed E-state index contributed by atoms with van der Waals surface area (Å²) in [5, 5.41) is 1.27. The first-order chi connectivity index (χ1) is 15.5. The molecule has 5 rings (SSSR count). The van der Waals surface area contributed by atoms with Crippen LogP contribution in [-0.4, -0.2) is 5.78 Å². The average Bonchev–Trinajstić information content (AvgIpc) is 2.80. The van der Waals surface area contributed by atoms with E-state index in [2.05, 4.69) is 19.1 Å². The van der Waals surface area contributed by atoms with E-state index in [0.29, 0.717) is 21.9 Å². The lowest BCUT2D eigenvalue weighted by Crippen LogP contribution is -2.06. The van der Waals surface area contributed by atoms with Crippen LogP contribution in [-0.2, 0) is 0 Å². The summed E-state index contributed by atoms with van der Waals surface area (Å²) >= 11 is 0. The summed E-state index contributed by atoms with van der Waals surface area (Å²) < 4.78 is 5.63. The number of para-hydroxylation sites is 2. The van der Waals surface area contributed by atoms with Gasteiger partial charge in [-0.2, -0.15) is 0 Å². The Morgan fingerprint density at radius 1 is 0.656 bits per heavy atom. The van der Waals surface area contributed by atoms with Crippen LogP contribution in [0, 0.1) is 20.8 Å². The van der Waals surface area contributed by atoms with Crippen molar-refractivity contribution in [2.24, 2.45) is 0 Å². The molecular formula is C29H24O3. The van der Waals surface area contributed by atoms with Gasteiger partial charge in [0.15, 0.2) is 5.78 Å². The van der Waals surface area contributed by atoms with Gasteiger partial charge in [-0.05, 0) is 56.2 Å². The Morgan fingerprint density at radius 2 is 1.12 bits per heavy atom. The molecule has 0 amide bonds. The highest BCUT2D eigenvalue weighted by molar-refractivity contribution is 6.10. The molecule has 0 aliphatic carbocycles. The number of hydrogen-bond donors (Lipinski definition) is 0. The molecule has 4 aromatic carbocycles. The van der Waals surface area contributed by atoms with Crippen LogP contribution in [0.15, 0.2) is 100 Å². The highest BCUT2D eigenvalue weighted by Gasteiger charge is 2.14. The molecule has 0 aliphatic heterocycles. The molecule has 0 fully saturated rings. The largest absolute Gasteiger partial charge is 0.456 e. The summed E-state index contributed by atoms with van der Waals surface area (Å²) in [5.41, 5.74) is 6.21. The Hall–Kier alpha value is -3.98. The number of hydrogen-bond acceptors (Lipinski definition) is 3. The zero-order valence-electron chi connectivity index (χ0n) is 18.4. The number of fused-ring (bicyclic) bond motifs is 2. The second kappa shape index (κ2) is 9.03. The van der Waals surface area contributed by atoms with Crippen molar-refractivity contribution in [1.29, 1.82) is 0 Å². The van der Waals surface area contributed by atoms with Gasteiger partial charge >= 0.3 is 0 Å². The first-order valence-corrected chi connectivity index (χ1v) is 10.5. The molecule has 0 atom stereocenters. The van der Waals surface area contributed by atoms with Crippen LogP contribution in [0.4, 0.5) is 0 Å². The van der Waals surface area contributed by atoms with E-state index >= 15 is 0 Å².